The minimum Gasteiger partial charge on any atom is -0.467 e. The largest absolute Gasteiger partial charge is 0.467 e. The van der Waals surface area contributed by atoms with E-state index in [2.05, 4.69) is 15.6 Å². The van der Waals surface area contributed by atoms with Crippen molar-refractivity contribution in [1.29, 1.82) is 0 Å². The molecular formula is C24H21N5O4. The minimum absolute atomic E-state index is 0.0473. The summed E-state index contributed by atoms with van der Waals surface area (Å²) >= 11 is 0. The van der Waals surface area contributed by atoms with E-state index in [0.717, 1.165) is 11.0 Å². The van der Waals surface area contributed by atoms with Gasteiger partial charge in [-0.05, 0) is 48.5 Å². The molecule has 33 heavy (non-hydrogen) atoms. The van der Waals surface area contributed by atoms with Gasteiger partial charge in [0.25, 0.3) is 5.91 Å². The zero-order valence-electron chi connectivity index (χ0n) is 17.8. The number of rotatable bonds is 6. The van der Waals surface area contributed by atoms with Crippen molar-refractivity contribution in [3.05, 3.63) is 72.7 Å². The third-order valence-corrected chi connectivity index (χ3v) is 5.44. The van der Waals surface area contributed by atoms with Crippen LogP contribution in [-0.4, -0.2) is 27.3 Å². The van der Waals surface area contributed by atoms with Gasteiger partial charge in [0.05, 0.1) is 30.3 Å². The predicted molar refractivity (Wildman–Crippen MR) is 123 cm³/mol. The first kappa shape index (κ1) is 20.5. The molecule has 4 aromatic rings. The van der Waals surface area contributed by atoms with Crippen molar-refractivity contribution < 1.29 is 18.8 Å². The Kier molecular flexibility index (Phi) is 5.14. The maximum absolute atomic E-state index is 13.3. The molecule has 2 aromatic heterocycles. The number of nitrogens with one attached hydrogen (secondary N) is 2. The number of nitrogens with zero attached hydrogens (tertiary/aromatic N) is 3. The average molecular weight is 443 g/mol. The summed E-state index contributed by atoms with van der Waals surface area (Å²) in [6, 6.07) is 17.2. The van der Waals surface area contributed by atoms with E-state index in [1.165, 1.54) is 6.92 Å². The van der Waals surface area contributed by atoms with Gasteiger partial charge in [0, 0.05) is 18.3 Å². The molecule has 0 aliphatic carbocycles. The maximum Gasteiger partial charge on any atom is 0.253 e. The standard InChI is InChI=1S/C24H21N5O4/c1-15(30)25-16-8-10-17(11-9-16)26-22(31)13-21-23(32)28(14-18-5-4-12-33-18)24-27-19-6-2-3-7-20(19)29(21)24/h2-12,21H,13-14H2,1H3,(H,25,30)(H,26,31)/t21-/m0/s1. The Morgan fingerprint density at radius 3 is 2.42 bits per heavy atom. The van der Waals surface area contributed by atoms with Crippen molar-refractivity contribution in [3.8, 4) is 0 Å². The highest BCUT2D eigenvalue weighted by atomic mass is 16.3. The van der Waals surface area contributed by atoms with Crippen molar-refractivity contribution in [2.45, 2.75) is 25.9 Å². The Balaban J connectivity index is 1.39. The fourth-order valence-corrected chi connectivity index (χ4v) is 4.03. The molecule has 1 aliphatic rings. The first-order chi connectivity index (χ1) is 16.0. The molecule has 9 nitrogen and oxygen atoms in total. The lowest BCUT2D eigenvalue weighted by atomic mass is 10.1. The maximum atomic E-state index is 13.3. The number of imidazole rings is 1. The van der Waals surface area contributed by atoms with Gasteiger partial charge < -0.3 is 15.1 Å². The zero-order valence-corrected chi connectivity index (χ0v) is 17.8. The van der Waals surface area contributed by atoms with Gasteiger partial charge in [0.2, 0.25) is 17.8 Å². The van der Waals surface area contributed by atoms with Crippen LogP contribution in [0.5, 0.6) is 0 Å². The Labute approximate surface area is 189 Å². The molecule has 5 rings (SSSR count). The summed E-state index contributed by atoms with van der Waals surface area (Å²) in [7, 11) is 0. The summed E-state index contributed by atoms with van der Waals surface area (Å²) in [5, 5.41) is 5.50. The van der Waals surface area contributed by atoms with Crippen LogP contribution in [0, 0.1) is 0 Å². The summed E-state index contributed by atoms with van der Waals surface area (Å²) in [5.41, 5.74) is 2.75. The molecule has 3 amide bonds. The van der Waals surface area contributed by atoms with Gasteiger partial charge in [0.15, 0.2) is 0 Å². The third-order valence-electron chi connectivity index (χ3n) is 5.44. The van der Waals surface area contributed by atoms with Crippen molar-refractivity contribution >= 4 is 46.1 Å². The minimum atomic E-state index is -0.721. The van der Waals surface area contributed by atoms with E-state index in [1.54, 1.807) is 47.6 Å². The molecular weight excluding hydrogens is 422 g/mol. The molecule has 0 fully saturated rings. The van der Waals surface area contributed by atoms with Crippen LogP contribution in [0.1, 0.15) is 25.1 Å². The van der Waals surface area contributed by atoms with Crippen LogP contribution >= 0.6 is 0 Å². The van der Waals surface area contributed by atoms with Gasteiger partial charge >= 0.3 is 0 Å². The predicted octanol–water partition coefficient (Wildman–Crippen LogP) is 3.70. The molecule has 0 spiro atoms. The smallest absolute Gasteiger partial charge is 0.253 e. The molecule has 2 N–H and O–H groups in total. The number of fused-ring (bicyclic) bond motifs is 3. The second-order valence-electron chi connectivity index (χ2n) is 7.80. The topological polar surface area (TPSA) is 109 Å². The van der Waals surface area contributed by atoms with Gasteiger partial charge in [-0.25, -0.2) is 4.98 Å². The van der Waals surface area contributed by atoms with Crippen LogP contribution in [-0.2, 0) is 20.9 Å². The second-order valence-corrected chi connectivity index (χ2v) is 7.80. The van der Waals surface area contributed by atoms with Crippen LogP contribution in [0.25, 0.3) is 11.0 Å². The molecule has 3 heterocycles. The molecule has 0 saturated carbocycles. The average Bonchev–Trinajstić information content (AvgIpc) is 3.49. The van der Waals surface area contributed by atoms with Gasteiger partial charge in [-0.15, -0.1) is 0 Å². The molecule has 1 atom stereocenters. The first-order valence-corrected chi connectivity index (χ1v) is 10.5. The Hall–Kier alpha value is -4.40. The molecule has 2 aromatic carbocycles. The van der Waals surface area contributed by atoms with Crippen molar-refractivity contribution in [2.75, 3.05) is 15.5 Å². The van der Waals surface area contributed by atoms with Crippen molar-refractivity contribution in [1.82, 2.24) is 9.55 Å². The summed E-state index contributed by atoms with van der Waals surface area (Å²) in [5.74, 6) is 0.440. The Morgan fingerprint density at radius 1 is 1.00 bits per heavy atom. The first-order valence-electron chi connectivity index (χ1n) is 10.5. The molecule has 0 unspecified atom stereocenters. The number of furan rings is 1. The van der Waals surface area contributed by atoms with Crippen LogP contribution in [0.2, 0.25) is 0 Å². The molecule has 166 valence electrons. The molecule has 9 heteroatoms. The van der Waals surface area contributed by atoms with Gasteiger partial charge in [-0.2, -0.15) is 0 Å². The monoisotopic (exact) mass is 443 g/mol. The second kappa shape index (κ2) is 8.27. The fourth-order valence-electron chi connectivity index (χ4n) is 4.03. The van der Waals surface area contributed by atoms with Crippen LogP contribution in [0.4, 0.5) is 17.3 Å². The summed E-state index contributed by atoms with van der Waals surface area (Å²) in [6.07, 6.45) is 1.51. The highest BCUT2D eigenvalue weighted by Crippen LogP contribution is 2.37. The number of hydrogen-bond acceptors (Lipinski definition) is 5. The van der Waals surface area contributed by atoms with Gasteiger partial charge in [-0.1, -0.05) is 12.1 Å². The molecule has 0 saturated heterocycles. The quantitative estimate of drug-likeness (QED) is 0.472. The number of benzene rings is 2. The van der Waals surface area contributed by atoms with E-state index in [9.17, 15) is 14.4 Å². The van der Waals surface area contributed by atoms with Crippen LogP contribution in [0.15, 0.2) is 71.3 Å². The van der Waals surface area contributed by atoms with E-state index in [4.69, 9.17) is 4.42 Å². The zero-order chi connectivity index (χ0) is 22.9. The lowest BCUT2D eigenvalue weighted by Crippen LogP contribution is -2.31. The summed E-state index contributed by atoms with van der Waals surface area (Å²) < 4.78 is 7.24. The number of carbonyl (C=O) groups excluding carboxylic acids is 3. The van der Waals surface area contributed by atoms with Crippen molar-refractivity contribution in [3.63, 3.8) is 0 Å². The number of para-hydroxylation sites is 2. The highest BCUT2D eigenvalue weighted by Gasteiger charge is 2.41. The third kappa shape index (κ3) is 3.96. The lowest BCUT2D eigenvalue weighted by Gasteiger charge is -2.15. The van der Waals surface area contributed by atoms with Gasteiger partial charge in [-0.3, -0.25) is 23.9 Å². The van der Waals surface area contributed by atoms with E-state index < -0.39 is 6.04 Å². The van der Waals surface area contributed by atoms with Crippen LogP contribution < -0.4 is 15.5 Å². The molecule has 0 bridgehead atoms. The summed E-state index contributed by atoms with van der Waals surface area (Å²) in [4.78, 5) is 43.6. The summed E-state index contributed by atoms with van der Waals surface area (Å²) in [6.45, 7) is 1.66. The molecule has 0 radical (unpaired) electrons. The number of carbonyl (C=O) groups is 3. The van der Waals surface area contributed by atoms with Crippen LogP contribution in [0.3, 0.4) is 0 Å². The Bertz CT molecular complexity index is 1340. The number of hydrogen-bond donors (Lipinski definition) is 2. The normalized spacial score (nSPS) is 15.0. The van der Waals surface area contributed by atoms with E-state index in [-0.39, 0.29) is 30.7 Å². The highest BCUT2D eigenvalue weighted by molar-refractivity contribution is 6.05. The van der Waals surface area contributed by atoms with E-state index in [1.807, 2.05) is 28.8 Å². The lowest BCUT2D eigenvalue weighted by molar-refractivity contribution is -0.124. The SMILES string of the molecule is CC(=O)Nc1ccc(NC(=O)C[C@H]2C(=O)N(Cc3ccco3)c3nc4ccccc4n32)cc1. The van der Waals surface area contributed by atoms with Gasteiger partial charge in [0.1, 0.15) is 11.8 Å². The number of anilines is 3. The Morgan fingerprint density at radius 2 is 1.73 bits per heavy atom. The van der Waals surface area contributed by atoms with E-state index >= 15 is 0 Å². The number of amides is 3. The van der Waals surface area contributed by atoms with Crippen molar-refractivity contribution in [2.24, 2.45) is 0 Å². The fraction of sp³-hybridized carbons (Fsp3) is 0.167. The van der Waals surface area contributed by atoms with E-state index in [0.29, 0.717) is 23.1 Å². The molecule has 1 aliphatic heterocycles. The number of aromatic nitrogens is 2.